The maximum Gasteiger partial charge on any atom is 0.0422 e. The number of nitrogens with one attached hydrogen (secondary N) is 1. The van der Waals surface area contributed by atoms with Crippen molar-refractivity contribution in [2.45, 2.75) is 37.8 Å². The van der Waals surface area contributed by atoms with Gasteiger partial charge in [-0.2, -0.15) is 0 Å². The lowest BCUT2D eigenvalue weighted by molar-refractivity contribution is 0.410. The summed E-state index contributed by atoms with van der Waals surface area (Å²) < 4.78 is 1.15. The van der Waals surface area contributed by atoms with Crippen molar-refractivity contribution in [3.05, 3.63) is 40.9 Å². The topological polar surface area (TPSA) is 38.0 Å². The van der Waals surface area contributed by atoms with Crippen LogP contribution in [0.4, 0.5) is 5.69 Å². The van der Waals surface area contributed by atoms with Crippen molar-refractivity contribution in [2.24, 2.45) is 5.73 Å². The fourth-order valence-electron chi connectivity index (χ4n) is 2.97. The van der Waals surface area contributed by atoms with Crippen molar-refractivity contribution in [1.29, 1.82) is 0 Å². The molecule has 2 aromatic rings. The lowest BCUT2D eigenvalue weighted by Crippen LogP contribution is -2.34. The highest BCUT2D eigenvalue weighted by Gasteiger charge is 2.19. The van der Waals surface area contributed by atoms with Crippen LogP contribution in [0.3, 0.4) is 0 Å². The number of halogens is 1. The van der Waals surface area contributed by atoms with Gasteiger partial charge in [-0.3, -0.25) is 0 Å². The maximum absolute atomic E-state index is 6.07. The quantitative estimate of drug-likeness (QED) is 0.867. The Morgan fingerprint density at radius 2 is 1.84 bits per heavy atom. The Morgan fingerprint density at radius 3 is 2.63 bits per heavy atom. The standard InChI is InChI=1S/C16H19BrN2/c17-15-8-9-16(14-7-2-1-6-13(14)15)19-12-5-3-4-11(18)10-12/h1-2,6-9,11-12,19H,3-5,10,18H2. The number of fused-ring (bicyclic) bond motifs is 1. The third-order valence-corrected chi connectivity index (χ3v) is 4.64. The molecule has 0 radical (unpaired) electrons. The van der Waals surface area contributed by atoms with E-state index in [0.717, 1.165) is 10.9 Å². The second kappa shape index (κ2) is 5.51. The van der Waals surface area contributed by atoms with E-state index in [1.165, 1.54) is 35.7 Å². The molecule has 0 heterocycles. The fraction of sp³-hybridized carbons (Fsp3) is 0.375. The van der Waals surface area contributed by atoms with E-state index in [0.29, 0.717) is 12.1 Å². The first kappa shape index (κ1) is 12.9. The van der Waals surface area contributed by atoms with E-state index >= 15 is 0 Å². The highest BCUT2D eigenvalue weighted by atomic mass is 79.9. The third-order valence-electron chi connectivity index (χ3n) is 3.95. The van der Waals surface area contributed by atoms with Crippen LogP contribution in [-0.2, 0) is 0 Å². The summed E-state index contributed by atoms with van der Waals surface area (Å²) in [5.41, 5.74) is 7.29. The van der Waals surface area contributed by atoms with Gasteiger partial charge in [-0.15, -0.1) is 0 Å². The van der Waals surface area contributed by atoms with E-state index < -0.39 is 0 Å². The molecule has 0 amide bonds. The number of anilines is 1. The largest absolute Gasteiger partial charge is 0.382 e. The van der Waals surface area contributed by atoms with Crippen LogP contribution in [0.1, 0.15) is 25.7 Å². The number of rotatable bonds is 2. The zero-order valence-electron chi connectivity index (χ0n) is 10.9. The Balaban J connectivity index is 1.90. The van der Waals surface area contributed by atoms with E-state index in [-0.39, 0.29) is 0 Å². The number of hydrogen-bond donors (Lipinski definition) is 2. The SMILES string of the molecule is NC1CCCC(Nc2ccc(Br)c3ccccc23)C1. The van der Waals surface area contributed by atoms with Crippen LogP contribution >= 0.6 is 15.9 Å². The zero-order valence-corrected chi connectivity index (χ0v) is 12.5. The molecular weight excluding hydrogens is 300 g/mol. The Morgan fingerprint density at radius 1 is 1.05 bits per heavy atom. The molecule has 100 valence electrons. The minimum atomic E-state index is 0.355. The summed E-state index contributed by atoms with van der Waals surface area (Å²) in [4.78, 5) is 0. The van der Waals surface area contributed by atoms with Crippen molar-refractivity contribution >= 4 is 32.4 Å². The predicted octanol–water partition coefficient (Wildman–Crippen LogP) is 4.28. The summed E-state index contributed by atoms with van der Waals surface area (Å²) in [7, 11) is 0. The molecule has 2 atom stereocenters. The van der Waals surface area contributed by atoms with E-state index in [1.807, 2.05) is 0 Å². The first-order valence-electron chi connectivity index (χ1n) is 6.93. The molecule has 2 unspecified atom stereocenters. The summed E-state index contributed by atoms with van der Waals surface area (Å²) in [6.07, 6.45) is 4.69. The fourth-order valence-corrected chi connectivity index (χ4v) is 3.44. The molecule has 0 spiro atoms. The summed E-state index contributed by atoms with van der Waals surface area (Å²) in [5.74, 6) is 0. The summed E-state index contributed by atoms with van der Waals surface area (Å²) in [6.45, 7) is 0. The van der Waals surface area contributed by atoms with Crippen LogP contribution in [0.2, 0.25) is 0 Å². The van der Waals surface area contributed by atoms with Gasteiger partial charge in [-0.25, -0.2) is 0 Å². The van der Waals surface area contributed by atoms with Crippen molar-refractivity contribution in [3.63, 3.8) is 0 Å². The van der Waals surface area contributed by atoms with Crippen molar-refractivity contribution in [1.82, 2.24) is 0 Å². The van der Waals surface area contributed by atoms with Crippen LogP contribution < -0.4 is 11.1 Å². The van der Waals surface area contributed by atoms with Gasteiger partial charge in [-0.05, 0) is 43.2 Å². The second-order valence-corrected chi connectivity index (χ2v) is 6.26. The van der Waals surface area contributed by atoms with Crippen LogP contribution in [-0.4, -0.2) is 12.1 Å². The second-order valence-electron chi connectivity index (χ2n) is 5.41. The molecule has 3 heteroatoms. The smallest absolute Gasteiger partial charge is 0.0422 e. The highest BCUT2D eigenvalue weighted by molar-refractivity contribution is 9.10. The van der Waals surface area contributed by atoms with E-state index in [9.17, 15) is 0 Å². The molecule has 0 saturated heterocycles. The first-order valence-corrected chi connectivity index (χ1v) is 7.73. The monoisotopic (exact) mass is 318 g/mol. The van der Waals surface area contributed by atoms with Gasteiger partial charge in [0, 0.05) is 27.6 Å². The number of hydrogen-bond acceptors (Lipinski definition) is 2. The molecule has 3 rings (SSSR count). The van der Waals surface area contributed by atoms with Gasteiger partial charge >= 0.3 is 0 Å². The zero-order chi connectivity index (χ0) is 13.2. The Kier molecular flexibility index (Phi) is 3.76. The lowest BCUT2D eigenvalue weighted by Gasteiger charge is -2.28. The Hall–Kier alpha value is -1.06. The molecule has 0 aromatic heterocycles. The van der Waals surface area contributed by atoms with Crippen molar-refractivity contribution < 1.29 is 0 Å². The van der Waals surface area contributed by atoms with Crippen molar-refractivity contribution in [3.8, 4) is 0 Å². The van der Waals surface area contributed by atoms with Gasteiger partial charge in [-0.1, -0.05) is 40.2 Å². The minimum absolute atomic E-state index is 0.355. The minimum Gasteiger partial charge on any atom is -0.382 e. The Labute approximate surface area is 122 Å². The first-order chi connectivity index (χ1) is 9.24. The molecule has 0 bridgehead atoms. The van der Waals surface area contributed by atoms with Crippen LogP contribution in [0.15, 0.2) is 40.9 Å². The van der Waals surface area contributed by atoms with Gasteiger partial charge in [0.25, 0.3) is 0 Å². The van der Waals surface area contributed by atoms with Gasteiger partial charge in [0.2, 0.25) is 0 Å². The molecule has 1 saturated carbocycles. The number of nitrogens with two attached hydrogens (primary N) is 1. The molecule has 2 nitrogen and oxygen atoms in total. The van der Waals surface area contributed by atoms with Gasteiger partial charge < -0.3 is 11.1 Å². The molecule has 1 fully saturated rings. The van der Waals surface area contributed by atoms with Gasteiger partial charge in [0.15, 0.2) is 0 Å². The van der Waals surface area contributed by atoms with Gasteiger partial charge in [0.1, 0.15) is 0 Å². The lowest BCUT2D eigenvalue weighted by atomic mass is 9.91. The van der Waals surface area contributed by atoms with E-state index in [4.69, 9.17) is 5.73 Å². The predicted molar refractivity (Wildman–Crippen MR) is 85.5 cm³/mol. The molecule has 19 heavy (non-hydrogen) atoms. The summed E-state index contributed by atoms with van der Waals surface area (Å²) in [6, 6.07) is 13.6. The molecular formula is C16H19BrN2. The van der Waals surface area contributed by atoms with Gasteiger partial charge in [0.05, 0.1) is 0 Å². The third kappa shape index (κ3) is 2.77. The maximum atomic E-state index is 6.07. The number of benzene rings is 2. The van der Waals surface area contributed by atoms with E-state index in [1.54, 1.807) is 0 Å². The Bertz CT molecular complexity index is 582. The van der Waals surface area contributed by atoms with Crippen LogP contribution in [0.5, 0.6) is 0 Å². The average Bonchev–Trinajstić information content (AvgIpc) is 2.42. The van der Waals surface area contributed by atoms with Crippen molar-refractivity contribution in [2.75, 3.05) is 5.32 Å². The summed E-state index contributed by atoms with van der Waals surface area (Å²) in [5, 5.41) is 6.21. The molecule has 1 aliphatic rings. The van der Waals surface area contributed by atoms with Crippen LogP contribution in [0.25, 0.3) is 10.8 Å². The highest BCUT2D eigenvalue weighted by Crippen LogP contribution is 2.31. The molecule has 0 aliphatic heterocycles. The molecule has 1 aliphatic carbocycles. The summed E-state index contributed by atoms with van der Waals surface area (Å²) >= 11 is 3.62. The normalized spacial score (nSPS) is 23.5. The molecule has 3 N–H and O–H groups in total. The average molecular weight is 319 g/mol. The molecule has 2 aromatic carbocycles. The van der Waals surface area contributed by atoms with Crippen LogP contribution in [0, 0.1) is 0 Å². The van der Waals surface area contributed by atoms with E-state index in [2.05, 4.69) is 57.6 Å².